The first-order valence-corrected chi connectivity index (χ1v) is 9.77. The third-order valence-electron chi connectivity index (χ3n) is 3.57. The maximum atomic E-state index is 12.4. The molecule has 3 rings (SSSR count). The molecule has 5 nitrogen and oxygen atoms in total. The lowest BCUT2D eigenvalue weighted by atomic mass is 10.2. The van der Waals surface area contributed by atoms with Crippen molar-refractivity contribution < 1.29 is 8.42 Å². The Morgan fingerprint density at radius 3 is 2.38 bits per heavy atom. The zero-order valence-corrected chi connectivity index (χ0v) is 14.7. The summed E-state index contributed by atoms with van der Waals surface area (Å²) in [7, 11) is -3.64. The van der Waals surface area contributed by atoms with E-state index in [2.05, 4.69) is 9.71 Å². The Balaban J connectivity index is 1.81. The minimum atomic E-state index is -3.64. The van der Waals surface area contributed by atoms with Gasteiger partial charge in [0.25, 0.3) is 10.0 Å². The Morgan fingerprint density at radius 1 is 1.08 bits per heavy atom. The predicted molar refractivity (Wildman–Crippen MR) is 98.6 cm³/mol. The second-order valence-corrected chi connectivity index (χ2v) is 7.80. The average molecular weight is 359 g/mol. The van der Waals surface area contributed by atoms with Crippen LogP contribution >= 0.6 is 11.3 Å². The minimum absolute atomic E-state index is 0.226. The van der Waals surface area contributed by atoms with Crippen LogP contribution in [-0.2, 0) is 16.4 Å². The summed E-state index contributed by atoms with van der Waals surface area (Å²) in [6.45, 7) is 2.02. The molecule has 2 aromatic carbocycles. The van der Waals surface area contributed by atoms with Crippen LogP contribution in [0.15, 0.2) is 58.8 Å². The van der Waals surface area contributed by atoms with Crippen LogP contribution in [0.5, 0.6) is 0 Å². The van der Waals surface area contributed by atoms with Crippen LogP contribution in [0.4, 0.5) is 10.8 Å². The van der Waals surface area contributed by atoms with Gasteiger partial charge >= 0.3 is 0 Å². The van der Waals surface area contributed by atoms with Gasteiger partial charge in [0.15, 0.2) is 5.13 Å². The number of sulfonamides is 1. The molecular formula is C17H17N3O2S2. The van der Waals surface area contributed by atoms with Crippen molar-refractivity contribution in [3.8, 4) is 11.3 Å². The van der Waals surface area contributed by atoms with E-state index in [1.807, 2.05) is 36.6 Å². The molecule has 0 atom stereocenters. The second kappa shape index (κ2) is 6.62. The quantitative estimate of drug-likeness (QED) is 0.679. The fraction of sp³-hybridized carbons (Fsp3) is 0.118. The van der Waals surface area contributed by atoms with Gasteiger partial charge < -0.3 is 5.73 Å². The van der Waals surface area contributed by atoms with E-state index in [9.17, 15) is 8.42 Å². The van der Waals surface area contributed by atoms with E-state index < -0.39 is 10.0 Å². The van der Waals surface area contributed by atoms with Crippen LogP contribution < -0.4 is 10.5 Å². The van der Waals surface area contributed by atoms with Crippen molar-refractivity contribution >= 4 is 32.2 Å². The van der Waals surface area contributed by atoms with Gasteiger partial charge in [0.2, 0.25) is 0 Å². The van der Waals surface area contributed by atoms with Gasteiger partial charge in [-0.05, 0) is 36.2 Å². The van der Waals surface area contributed by atoms with Gasteiger partial charge in [-0.2, -0.15) is 0 Å². The summed E-state index contributed by atoms with van der Waals surface area (Å²) in [6, 6.07) is 14.1. The number of aryl methyl sites for hydroxylation is 1. The van der Waals surface area contributed by atoms with E-state index in [1.54, 1.807) is 24.3 Å². The molecule has 0 aliphatic carbocycles. The highest BCUT2D eigenvalue weighted by Gasteiger charge is 2.16. The molecule has 0 spiro atoms. The first kappa shape index (κ1) is 16.5. The van der Waals surface area contributed by atoms with Crippen LogP contribution in [0.1, 0.15) is 12.5 Å². The number of anilines is 2. The monoisotopic (exact) mass is 359 g/mol. The zero-order valence-electron chi connectivity index (χ0n) is 13.1. The Hall–Kier alpha value is -2.38. The Morgan fingerprint density at radius 2 is 1.75 bits per heavy atom. The number of rotatable bonds is 5. The van der Waals surface area contributed by atoms with Gasteiger partial charge in [-0.3, -0.25) is 4.72 Å². The number of nitrogen functional groups attached to an aromatic ring is 1. The number of thiazole rings is 1. The molecule has 3 aromatic rings. The SMILES string of the molecule is CCc1ccc(S(=O)(=O)Nc2nc(-c3ccc(N)cc3)cs2)cc1. The van der Waals surface area contributed by atoms with E-state index in [-0.39, 0.29) is 4.90 Å². The number of hydrogen-bond acceptors (Lipinski definition) is 5. The lowest BCUT2D eigenvalue weighted by Gasteiger charge is -2.06. The first-order chi connectivity index (χ1) is 11.5. The number of nitrogens with two attached hydrogens (primary N) is 1. The smallest absolute Gasteiger partial charge is 0.263 e. The van der Waals surface area contributed by atoms with Crippen molar-refractivity contribution in [1.82, 2.24) is 4.98 Å². The van der Waals surface area contributed by atoms with Crippen LogP contribution in [0.3, 0.4) is 0 Å². The van der Waals surface area contributed by atoms with Crippen LogP contribution in [0.25, 0.3) is 11.3 Å². The van der Waals surface area contributed by atoms with E-state index in [1.165, 1.54) is 11.3 Å². The lowest BCUT2D eigenvalue weighted by Crippen LogP contribution is -2.12. The van der Waals surface area contributed by atoms with E-state index in [0.717, 1.165) is 17.5 Å². The summed E-state index contributed by atoms with van der Waals surface area (Å²) >= 11 is 1.25. The summed E-state index contributed by atoms with van der Waals surface area (Å²) in [6.07, 6.45) is 0.866. The molecule has 0 bridgehead atoms. The number of nitrogens with one attached hydrogen (secondary N) is 1. The van der Waals surface area contributed by atoms with Crippen molar-refractivity contribution in [2.75, 3.05) is 10.5 Å². The number of hydrogen-bond donors (Lipinski definition) is 2. The molecule has 0 amide bonds. The van der Waals surface area contributed by atoms with Crippen molar-refractivity contribution in [3.05, 3.63) is 59.5 Å². The number of benzene rings is 2. The van der Waals surface area contributed by atoms with Crippen LogP contribution in [0.2, 0.25) is 0 Å². The molecule has 3 N–H and O–H groups in total. The maximum absolute atomic E-state index is 12.4. The van der Waals surface area contributed by atoms with Crippen molar-refractivity contribution in [2.45, 2.75) is 18.2 Å². The number of nitrogens with zero attached hydrogens (tertiary/aromatic N) is 1. The number of aromatic nitrogens is 1. The van der Waals surface area contributed by atoms with Crippen molar-refractivity contribution in [3.63, 3.8) is 0 Å². The van der Waals surface area contributed by atoms with Gasteiger partial charge in [0.1, 0.15) is 0 Å². The van der Waals surface area contributed by atoms with Gasteiger partial charge in [-0.15, -0.1) is 11.3 Å². The zero-order chi connectivity index (χ0) is 17.2. The summed E-state index contributed by atoms with van der Waals surface area (Å²) in [5.41, 5.74) is 9.03. The van der Waals surface area contributed by atoms with E-state index in [0.29, 0.717) is 16.5 Å². The maximum Gasteiger partial charge on any atom is 0.263 e. The molecular weight excluding hydrogens is 342 g/mol. The minimum Gasteiger partial charge on any atom is -0.399 e. The van der Waals surface area contributed by atoms with Crippen LogP contribution in [-0.4, -0.2) is 13.4 Å². The molecule has 0 fully saturated rings. The summed E-state index contributed by atoms with van der Waals surface area (Å²) in [5.74, 6) is 0. The highest BCUT2D eigenvalue weighted by molar-refractivity contribution is 7.93. The molecule has 0 aliphatic heterocycles. The fourth-order valence-corrected chi connectivity index (χ4v) is 4.16. The molecule has 0 unspecified atom stereocenters. The topological polar surface area (TPSA) is 85.1 Å². The average Bonchev–Trinajstić information content (AvgIpc) is 3.03. The summed E-state index contributed by atoms with van der Waals surface area (Å²) in [5, 5.41) is 2.14. The molecule has 1 aromatic heterocycles. The standard InChI is InChI=1S/C17H17N3O2S2/c1-2-12-3-9-15(10-4-12)24(21,22)20-17-19-16(11-23-17)13-5-7-14(18)8-6-13/h3-11H,2,18H2,1H3,(H,19,20). The molecule has 1 heterocycles. The van der Waals surface area contributed by atoms with Crippen molar-refractivity contribution in [1.29, 1.82) is 0 Å². The molecule has 24 heavy (non-hydrogen) atoms. The third kappa shape index (κ3) is 3.58. The molecule has 0 aliphatic rings. The lowest BCUT2D eigenvalue weighted by molar-refractivity contribution is 0.601. The van der Waals surface area contributed by atoms with Gasteiger partial charge in [-0.1, -0.05) is 31.2 Å². The first-order valence-electron chi connectivity index (χ1n) is 7.41. The Bertz CT molecular complexity index is 931. The fourth-order valence-electron chi connectivity index (χ4n) is 2.19. The predicted octanol–water partition coefficient (Wildman–Crippen LogP) is 3.76. The largest absolute Gasteiger partial charge is 0.399 e. The molecule has 0 saturated heterocycles. The second-order valence-electron chi connectivity index (χ2n) is 5.26. The highest BCUT2D eigenvalue weighted by Crippen LogP contribution is 2.27. The highest BCUT2D eigenvalue weighted by atomic mass is 32.2. The molecule has 7 heteroatoms. The van der Waals surface area contributed by atoms with E-state index >= 15 is 0 Å². The normalized spacial score (nSPS) is 11.4. The molecule has 124 valence electrons. The Labute approximate surface area is 145 Å². The van der Waals surface area contributed by atoms with Crippen molar-refractivity contribution in [2.24, 2.45) is 0 Å². The van der Waals surface area contributed by atoms with Gasteiger partial charge in [0.05, 0.1) is 10.6 Å². The van der Waals surface area contributed by atoms with Gasteiger partial charge in [-0.25, -0.2) is 13.4 Å². The summed E-state index contributed by atoms with van der Waals surface area (Å²) < 4.78 is 27.4. The molecule has 0 radical (unpaired) electrons. The molecule has 0 saturated carbocycles. The van der Waals surface area contributed by atoms with Gasteiger partial charge in [0, 0.05) is 16.6 Å². The Kier molecular flexibility index (Phi) is 4.55. The summed E-state index contributed by atoms with van der Waals surface area (Å²) in [4.78, 5) is 4.57. The van der Waals surface area contributed by atoms with E-state index in [4.69, 9.17) is 5.73 Å². The third-order valence-corrected chi connectivity index (χ3v) is 5.82. The van der Waals surface area contributed by atoms with Crippen LogP contribution in [0, 0.1) is 0 Å².